The van der Waals surface area contributed by atoms with Crippen molar-refractivity contribution in [2.45, 2.75) is 43.8 Å². The fourth-order valence-corrected chi connectivity index (χ4v) is 4.36. The largest absolute Gasteiger partial charge is 0.433 e. The van der Waals surface area contributed by atoms with Crippen LogP contribution in [0.1, 0.15) is 66.1 Å². The summed E-state index contributed by atoms with van der Waals surface area (Å²) >= 11 is 0. The van der Waals surface area contributed by atoms with E-state index in [-0.39, 0.29) is 28.6 Å². The number of alkyl halides is 3. The molecule has 5 rings (SSSR count). The average Bonchev–Trinajstić information content (AvgIpc) is 3.35. The first-order valence-corrected chi connectivity index (χ1v) is 10.6. The molecule has 4 aromatic heterocycles. The number of hydrogen-bond donors (Lipinski definition) is 1. The lowest BCUT2D eigenvalue weighted by molar-refractivity contribution is -0.141. The third-order valence-corrected chi connectivity index (χ3v) is 6.35. The molecule has 0 spiro atoms. The summed E-state index contributed by atoms with van der Waals surface area (Å²) in [5.74, 6) is 0.525. The molecule has 0 bridgehead atoms. The molecule has 0 aliphatic heterocycles. The Morgan fingerprint density at radius 3 is 2.53 bits per heavy atom. The van der Waals surface area contributed by atoms with Gasteiger partial charge < -0.3 is 4.98 Å². The van der Waals surface area contributed by atoms with E-state index in [0.29, 0.717) is 11.4 Å². The normalized spacial score (nSPS) is 19.1. The molecule has 174 valence electrons. The Morgan fingerprint density at radius 2 is 1.97 bits per heavy atom. The first-order chi connectivity index (χ1) is 16.2. The minimum Gasteiger partial charge on any atom is -0.310 e. The number of halogens is 3. The zero-order chi connectivity index (χ0) is 24.2. The van der Waals surface area contributed by atoms with Crippen LogP contribution in [0.25, 0.3) is 11.0 Å². The van der Waals surface area contributed by atoms with Crippen LogP contribution >= 0.6 is 0 Å². The van der Waals surface area contributed by atoms with Crippen molar-refractivity contribution in [1.29, 1.82) is 5.26 Å². The fraction of sp³-hybridized carbons (Fsp3) is 0.364. The molecule has 3 unspecified atom stereocenters. The summed E-state index contributed by atoms with van der Waals surface area (Å²) in [5, 5.41) is 18.3. The number of aromatic amines is 1. The van der Waals surface area contributed by atoms with Gasteiger partial charge in [0.25, 0.3) is 5.56 Å². The second kappa shape index (κ2) is 7.79. The second-order valence-corrected chi connectivity index (χ2v) is 8.41. The summed E-state index contributed by atoms with van der Waals surface area (Å²) in [4.78, 5) is 23.9. The number of nitrogens with zero attached hydrogens (tertiary/aromatic N) is 7. The molecule has 4 aromatic rings. The van der Waals surface area contributed by atoms with Crippen LogP contribution in [0, 0.1) is 11.3 Å². The molecule has 0 saturated heterocycles. The number of fused-ring (bicyclic) bond motifs is 1. The van der Waals surface area contributed by atoms with Crippen molar-refractivity contribution < 1.29 is 13.2 Å². The summed E-state index contributed by atoms with van der Waals surface area (Å²) in [6.45, 7) is 1.69. The zero-order valence-corrected chi connectivity index (χ0v) is 18.2. The predicted octanol–water partition coefficient (Wildman–Crippen LogP) is 3.41. The average molecular weight is 468 g/mol. The van der Waals surface area contributed by atoms with Gasteiger partial charge in [0, 0.05) is 31.3 Å². The van der Waals surface area contributed by atoms with Gasteiger partial charge in [0.15, 0.2) is 11.3 Å². The van der Waals surface area contributed by atoms with Crippen molar-refractivity contribution in [3.63, 3.8) is 0 Å². The molecule has 0 radical (unpaired) electrons. The highest BCUT2D eigenvalue weighted by atomic mass is 19.4. The van der Waals surface area contributed by atoms with Crippen LogP contribution in [-0.2, 0) is 13.2 Å². The summed E-state index contributed by atoms with van der Waals surface area (Å²) in [7, 11) is 1.84. The van der Waals surface area contributed by atoms with Crippen LogP contribution in [0.2, 0.25) is 0 Å². The molecular formula is C22H19F3N8O. The van der Waals surface area contributed by atoms with E-state index in [0.717, 1.165) is 30.8 Å². The fourth-order valence-electron chi connectivity index (χ4n) is 4.36. The molecule has 12 heteroatoms. The van der Waals surface area contributed by atoms with Crippen molar-refractivity contribution in [2.24, 2.45) is 7.05 Å². The maximum atomic E-state index is 12.9. The standard InChI is InChI=1S/C22H19F3N8O/c1-11(12-3-6-17(27-10-12)22(23,24)25)33-20-18(16(9-26)31-33)21(34)29-19(28-20)14-5-4-13(14)15-7-8-32(2)30-15/h3,6-8,10-11,13-14H,4-5H2,1-2H3,(H,28,29,34). The third kappa shape index (κ3) is 3.53. The minimum atomic E-state index is -4.55. The number of rotatable bonds is 4. The van der Waals surface area contributed by atoms with Gasteiger partial charge in [-0.2, -0.15) is 28.6 Å². The van der Waals surface area contributed by atoms with Gasteiger partial charge in [-0.1, -0.05) is 6.07 Å². The van der Waals surface area contributed by atoms with Crippen molar-refractivity contribution >= 4 is 11.0 Å². The van der Waals surface area contributed by atoms with E-state index in [1.807, 2.05) is 25.4 Å². The number of nitriles is 1. The molecule has 1 fully saturated rings. The first kappa shape index (κ1) is 21.8. The van der Waals surface area contributed by atoms with Crippen LogP contribution in [0.3, 0.4) is 0 Å². The molecule has 1 N–H and O–H groups in total. The number of pyridine rings is 1. The van der Waals surface area contributed by atoms with Crippen LogP contribution in [-0.4, -0.2) is 34.5 Å². The second-order valence-electron chi connectivity index (χ2n) is 8.41. The van der Waals surface area contributed by atoms with Crippen molar-refractivity contribution in [3.05, 3.63) is 69.4 Å². The lowest BCUT2D eigenvalue weighted by Gasteiger charge is -2.34. The lowest BCUT2D eigenvalue weighted by Crippen LogP contribution is -2.27. The van der Waals surface area contributed by atoms with E-state index in [4.69, 9.17) is 0 Å². The molecule has 4 heterocycles. The number of aromatic nitrogens is 7. The van der Waals surface area contributed by atoms with E-state index in [1.54, 1.807) is 11.6 Å². The number of nitrogens with one attached hydrogen (secondary N) is 1. The van der Waals surface area contributed by atoms with Gasteiger partial charge in [-0.05, 0) is 37.5 Å². The monoisotopic (exact) mass is 468 g/mol. The molecule has 0 aromatic carbocycles. The maximum absolute atomic E-state index is 12.9. The van der Waals surface area contributed by atoms with Gasteiger partial charge in [0.1, 0.15) is 23.0 Å². The molecule has 34 heavy (non-hydrogen) atoms. The topological polar surface area (TPSA) is 118 Å². The SMILES string of the molecule is CC(c1ccc(C(F)(F)F)nc1)n1nc(C#N)c2c(=O)[nH]c(C3CCC3c3ccn(C)n3)nc21. The first-order valence-electron chi connectivity index (χ1n) is 10.6. The van der Waals surface area contributed by atoms with Crippen LogP contribution in [0.4, 0.5) is 13.2 Å². The number of H-pyrrole nitrogens is 1. The van der Waals surface area contributed by atoms with Gasteiger partial charge >= 0.3 is 6.18 Å². The van der Waals surface area contributed by atoms with Crippen LogP contribution in [0.5, 0.6) is 0 Å². The third-order valence-electron chi connectivity index (χ3n) is 6.35. The number of hydrogen-bond acceptors (Lipinski definition) is 6. The highest BCUT2D eigenvalue weighted by molar-refractivity contribution is 5.80. The Morgan fingerprint density at radius 1 is 1.21 bits per heavy atom. The Balaban J connectivity index is 1.57. The Labute approximate surface area is 190 Å². The van der Waals surface area contributed by atoms with Crippen LogP contribution < -0.4 is 5.56 Å². The van der Waals surface area contributed by atoms with E-state index >= 15 is 0 Å². The van der Waals surface area contributed by atoms with Gasteiger partial charge in [0.05, 0.1) is 11.7 Å². The summed E-state index contributed by atoms with van der Waals surface area (Å²) in [5.41, 5.74) is -0.0372. The zero-order valence-electron chi connectivity index (χ0n) is 18.2. The molecule has 9 nitrogen and oxygen atoms in total. The van der Waals surface area contributed by atoms with Gasteiger partial charge in [-0.15, -0.1) is 0 Å². The van der Waals surface area contributed by atoms with E-state index in [9.17, 15) is 23.2 Å². The Hall–Kier alpha value is -4.01. The highest BCUT2D eigenvalue weighted by Gasteiger charge is 2.37. The van der Waals surface area contributed by atoms with E-state index < -0.39 is 23.5 Å². The molecule has 0 amide bonds. The Kier molecular flexibility index (Phi) is 5.00. The van der Waals surface area contributed by atoms with Crippen molar-refractivity contribution in [2.75, 3.05) is 0 Å². The molecule has 3 atom stereocenters. The molecule has 1 saturated carbocycles. The summed E-state index contributed by atoms with van der Waals surface area (Å²) < 4.78 is 41.8. The lowest BCUT2D eigenvalue weighted by atomic mass is 9.71. The summed E-state index contributed by atoms with van der Waals surface area (Å²) in [6.07, 6.45) is 0.139. The van der Waals surface area contributed by atoms with Crippen molar-refractivity contribution in [1.82, 2.24) is 34.5 Å². The molecular weight excluding hydrogens is 449 g/mol. The van der Waals surface area contributed by atoms with E-state index in [2.05, 4.69) is 25.1 Å². The minimum absolute atomic E-state index is 0.0479. The van der Waals surface area contributed by atoms with Gasteiger partial charge in [-0.3, -0.25) is 14.5 Å². The van der Waals surface area contributed by atoms with Crippen molar-refractivity contribution in [3.8, 4) is 6.07 Å². The highest BCUT2D eigenvalue weighted by Crippen LogP contribution is 2.47. The molecule has 1 aliphatic carbocycles. The van der Waals surface area contributed by atoms with Crippen LogP contribution in [0.15, 0.2) is 35.4 Å². The Bertz CT molecular complexity index is 1480. The van der Waals surface area contributed by atoms with Gasteiger partial charge in [0.2, 0.25) is 0 Å². The number of aryl methyl sites for hydroxylation is 1. The van der Waals surface area contributed by atoms with E-state index in [1.165, 1.54) is 10.7 Å². The maximum Gasteiger partial charge on any atom is 0.433 e. The molecule has 1 aliphatic rings. The smallest absolute Gasteiger partial charge is 0.310 e. The predicted molar refractivity (Wildman–Crippen MR) is 114 cm³/mol. The summed E-state index contributed by atoms with van der Waals surface area (Å²) in [6, 6.07) is 5.42. The van der Waals surface area contributed by atoms with Gasteiger partial charge in [-0.25, -0.2) is 9.67 Å². The quantitative estimate of drug-likeness (QED) is 0.490.